The molecule has 2 aliphatic heterocycles. The second kappa shape index (κ2) is 18.6. The first-order chi connectivity index (χ1) is 34.9. The number of benzene rings is 4. The third kappa shape index (κ3) is 10.8. The van der Waals surface area contributed by atoms with Gasteiger partial charge in [0.2, 0.25) is 0 Å². The third-order valence-electron chi connectivity index (χ3n) is 14.2. The van der Waals surface area contributed by atoms with Gasteiger partial charge in [0.15, 0.2) is 23.0 Å². The van der Waals surface area contributed by atoms with E-state index in [1.54, 1.807) is 45.0 Å². The zero-order valence-corrected chi connectivity index (χ0v) is 43.5. The zero-order valence-electron chi connectivity index (χ0n) is 43.5. The summed E-state index contributed by atoms with van der Waals surface area (Å²) >= 11 is 0. The topological polar surface area (TPSA) is 145 Å². The van der Waals surface area contributed by atoms with Crippen LogP contribution in [0.3, 0.4) is 0 Å². The molecule has 0 spiro atoms. The van der Waals surface area contributed by atoms with E-state index in [9.17, 15) is 31.9 Å². The van der Waals surface area contributed by atoms with Crippen molar-refractivity contribution < 1.29 is 64.4 Å². The van der Waals surface area contributed by atoms with Gasteiger partial charge < -0.3 is 43.9 Å². The van der Waals surface area contributed by atoms with Crippen LogP contribution in [0.25, 0.3) is 21.8 Å². The van der Waals surface area contributed by atoms with Crippen molar-refractivity contribution >= 4 is 39.5 Å². The lowest BCUT2D eigenvalue weighted by Crippen LogP contribution is -2.34. The Hall–Kier alpha value is -6.69. The fourth-order valence-electron chi connectivity index (χ4n) is 10.3. The van der Waals surface area contributed by atoms with Gasteiger partial charge in [-0.15, -0.1) is 17.6 Å². The maximum absolute atomic E-state index is 15.5. The van der Waals surface area contributed by atoms with Gasteiger partial charge in [-0.3, -0.25) is 9.59 Å². The van der Waals surface area contributed by atoms with E-state index < -0.39 is 46.7 Å². The molecule has 2 aliphatic carbocycles. The maximum Gasteiger partial charge on any atom is 0.586 e. The summed E-state index contributed by atoms with van der Waals surface area (Å²) in [5, 5.41) is 4.40. The zero-order chi connectivity index (χ0) is 54.4. The van der Waals surface area contributed by atoms with Crippen molar-refractivity contribution in [1.29, 1.82) is 0 Å². The molecule has 4 aliphatic rings. The highest BCUT2D eigenvalue weighted by atomic mass is 19.3. The Morgan fingerprint density at radius 1 is 0.587 bits per heavy atom. The molecule has 10 rings (SSSR count). The predicted octanol–water partition coefficient (Wildman–Crippen LogP) is 12.0. The molecule has 0 unspecified atom stereocenters. The van der Waals surface area contributed by atoms with Crippen LogP contribution in [0, 0.1) is 11.6 Å². The summed E-state index contributed by atoms with van der Waals surface area (Å²) in [5.74, 6) is -1.64. The first-order valence-corrected chi connectivity index (χ1v) is 25.1. The monoisotopic (exact) mass is 1040 g/mol. The number of fused-ring (bicyclic) bond motifs is 4. The molecule has 1 amide bonds. The number of aromatic nitrogens is 2. The van der Waals surface area contributed by atoms with Crippen molar-refractivity contribution in [2.24, 2.45) is 5.73 Å². The van der Waals surface area contributed by atoms with Gasteiger partial charge in [0, 0.05) is 72.0 Å². The Morgan fingerprint density at radius 3 is 1.36 bits per heavy atom. The van der Waals surface area contributed by atoms with Crippen LogP contribution >= 0.6 is 0 Å². The second-order valence-electron chi connectivity index (χ2n) is 23.1. The minimum Gasteiger partial charge on any atom is -0.444 e. The molecule has 3 N–H and O–H groups in total. The van der Waals surface area contributed by atoms with E-state index in [0.29, 0.717) is 67.5 Å². The van der Waals surface area contributed by atoms with Gasteiger partial charge in [-0.05, 0) is 129 Å². The number of rotatable bonds is 13. The minimum atomic E-state index is -3.74. The van der Waals surface area contributed by atoms with E-state index in [1.807, 2.05) is 21.3 Å². The number of carbonyl (C=O) groups excluding carboxylic acids is 3. The molecule has 0 radical (unpaired) electrons. The summed E-state index contributed by atoms with van der Waals surface area (Å²) in [7, 11) is 0. The van der Waals surface area contributed by atoms with E-state index in [4.69, 9.17) is 10.5 Å². The highest BCUT2D eigenvalue weighted by Gasteiger charge is 2.54. The molecule has 12 nitrogen and oxygen atoms in total. The molecular weight excluding hydrogens is 983 g/mol. The Bertz CT molecular complexity index is 3260. The van der Waals surface area contributed by atoms with Crippen LogP contribution in [0.1, 0.15) is 122 Å². The highest BCUT2D eigenvalue weighted by molar-refractivity contribution is 5.97. The largest absolute Gasteiger partial charge is 0.586 e. The number of hydrogen-bond donors (Lipinski definition) is 2. The van der Waals surface area contributed by atoms with Crippen molar-refractivity contribution in [3.63, 3.8) is 0 Å². The first kappa shape index (κ1) is 53.1. The highest BCUT2D eigenvalue weighted by Crippen LogP contribution is 2.54. The van der Waals surface area contributed by atoms with Crippen LogP contribution in [0.15, 0.2) is 72.8 Å². The van der Waals surface area contributed by atoms with E-state index in [2.05, 4.69) is 65.8 Å². The Morgan fingerprint density at radius 2 is 0.987 bits per heavy atom. The number of carbonyl (C=O) groups is 3. The Kier molecular flexibility index (Phi) is 13.1. The molecule has 2 aromatic heterocycles. The van der Waals surface area contributed by atoms with Gasteiger partial charge in [0.05, 0.1) is 21.9 Å². The fourth-order valence-corrected chi connectivity index (χ4v) is 10.3. The molecule has 0 saturated heterocycles. The second-order valence-corrected chi connectivity index (χ2v) is 23.1. The van der Waals surface area contributed by atoms with Crippen LogP contribution < -0.4 is 30.0 Å². The van der Waals surface area contributed by atoms with Crippen molar-refractivity contribution in [1.82, 2.24) is 14.5 Å². The molecule has 75 heavy (non-hydrogen) atoms. The number of ketones is 2. The lowest BCUT2D eigenvalue weighted by molar-refractivity contribution is -0.287. The van der Waals surface area contributed by atoms with Crippen molar-refractivity contribution in [3.8, 4) is 23.0 Å². The third-order valence-corrected chi connectivity index (χ3v) is 14.2. The molecule has 18 heteroatoms. The molecule has 2 fully saturated rings. The summed E-state index contributed by atoms with van der Waals surface area (Å²) in [6, 6.07) is 19.2. The lowest BCUT2D eigenvalue weighted by Gasteiger charge is -2.23. The molecule has 6 aromatic rings. The fraction of sp³-hybridized carbons (Fsp3) is 0.456. The van der Waals surface area contributed by atoms with Gasteiger partial charge in [0.25, 0.3) is 0 Å². The van der Waals surface area contributed by atoms with Crippen molar-refractivity contribution in [3.05, 3.63) is 118 Å². The van der Waals surface area contributed by atoms with E-state index in [-0.39, 0.29) is 70.3 Å². The minimum absolute atomic E-state index is 0.0647. The maximum atomic E-state index is 15.5. The molecule has 4 aromatic carbocycles. The number of alkyl carbamates (subject to hydrolysis) is 1. The summed E-state index contributed by atoms with van der Waals surface area (Å²) in [6.45, 7) is 19.5. The van der Waals surface area contributed by atoms with E-state index in [1.165, 1.54) is 36.4 Å². The van der Waals surface area contributed by atoms with Crippen LogP contribution in [0.4, 0.5) is 31.1 Å². The number of hydrogen-bond acceptors (Lipinski definition) is 9. The van der Waals surface area contributed by atoms with Crippen LogP contribution in [-0.2, 0) is 61.9 Å². The quantitative estimate of drug-likeness (QED) is 0.108. The average molecular weight is 1050 g/mol. The number of halogens is 6. The summed E-state index contributed by atoms with van der Waals surface area (Å²) in [5.41, 5.74) is 8.21. The predicted molar refractivity (Wildman–Crippen MR) is 269 cm³/mol. The van der Waals surface area contributed by atoms with Crippen molar-refractivity contribution in [2.75, 3.05) is 13.1 Å². The summed E-state index contributed by atoms with van der Waals surface area (Å²) in [4.78, 5) is 39.0. The summed E-state index contributed by atoms with van der Waals surface area (Å²) in [6.07, 6.45) is -5.96. The van der Waals surface area contributed by atoms with E-state index in [0.717, 1.165) is 27.7 Å². The summed E-state index contributed by atoms with van der Waals surface area (Å²) < 4.78 is 112. The number of alkyl halides is 4. The number of nitrogens with one attached hydrogen (secondary N) is 1. The Labute approximate surface area is 430 Å². The van der Waals surface area contributed by atoms with Crippen LogP contribution in [0.5, 0.6) is 23.0 Å². The van der Waals surface area contributed by atoms with Crippen LogP contribution in [0.2, 0.25) is 0 Å². The van der Waals surface area contributed by atoms with Crippen LogP contribution in [-0.4, -0.2) is 58.1 Å². The number of Topliss-reactive ketones (excluding diaryl/α,β-unsaturated/α-hetero) is 2. The first-order valence-electron chi connectivity index (χ1n) is 25.1. The normalized spacial score (nSPS) is 17.4. The van der Waals surface area contributed by atoms with Gasteiger partial charge in [-0.1, -0.05) is 53.7 Å². The molecule has 2 saturated carbocycles. The molecule has 0 atom stereocenters. The molecule has 400 valence electrons. The van der Waals surface area contributed by atoms with Gasteiger partial charge in [-0.25, -0.2) is 13.6 Å². The number of amides is 1. The van der Waals surface area contributed by atoms with Gasteiger partial charge >= 0.3 is 18.7 Å². The van der Waals surface area contributed by atoms with E-state index >= 15 is 8.78 Å². The van der Waals surface area contributed by atoms with Gasteiger partial charge in [-0.2, -0.15) is 0 Å². The number of nitrogens with two attached hydrogens (primary N) is 1. The average Bonchev–Trinajstić information content (AvgIpc) is 4.16. The Balaban J connectivity index is 0.000000187. The van der Waals surface area contributed by atoms with Gasteiger partial charge in [0.1, 0.15) is 28.8 Å². The molecule has 4 heterocycles. The molecular formula is C57H62F6N4O8. The number of ether oxygens (including phenoxy) is 5. The standard InChI is InChI=1S/C31H35F3N2O5.C26H27F3N2O3/c1-28(2,3)25-14-19-13-18(21(32)17-22(19)36(25)12-11-35-27(38)41-29(4,5)6)15-26(37)30(9-10-30)20-7-8-23-24(16-20)40-31(33,34)39-23;1-24(2,3)22-11-16-10-15(18(27)14-19(16)31(22)9-8-30)12-23(32)25(6-7-25)17-4-5-20-21(13-17)34-26(28,29)33-20/h7-8,13-14,16-17H,9-12,15H2,1-6H3,(H,35,38);4-5,10-11,13-14H,6-9,12,30H2,1-3H3. The SMILES string of the molecule is CC(C)(C)OC(=O)NCCn1c(C(C)(C)C)cc2cc(CC(=O)C3(c4ccc5c(c4)OC(F)(F)O5)CC3)c(F)cc21.CC(C)(C)c1cc2cc(CC(=O)C3(c4ccc5c(c4)OC(F)(F)O5)CC3)c(F)cc2n1CCN. The lowest BCUT2D eigenvalue weighted by atomic mass is 9.87. The smallest absolute Gasteiger partial charge is 0.444 e. The van der Waals surface area contributed by atoms with Crippen molar-refractivity contribution in [2.45, 2.75) is 154 Å². The molecule has 0 bridgehead atoms. The number of nitrogens with zero attached hydrogens (tertiary/aromatic N) is 2.